The number of ether oxygens (including phenoxy) is 1. The molecule has 38 heavy (non-hydrogen) atoms. The van der Waals surface area contributed by atoms with E-state index in [1.807, 2.05) is 27.8 Å². The van der Waals surface area contributed by atoms with Crippen molar-refractivity contribution in [1.82, 2.24) is 5.32 Å². The number of hydrogen-bond donors (Lipinski definition) is 6. The Hall–Kier alpha value is -0.870. The average Bonchev–Trinajstić information content (AvgIpc) is 3.25. The first kappa shape index (κ1) is 28.7. The molecular formula is C30H49NO7. The first-order valence-electron chi connectivity index (χ1n) is 14.7. The van der Waals surface area contributed by atoms with Crippen LogP contribution >= 0.6 is 0 Å². The molecule has 0 aromatic rings. The van der Waals surface area contributed by atoms with E-state index < -0.39 is 58.5 Å². The minimum Gasteiger partial charge on any atom is -0.390 e. The number of aliphatic hydroxyl groups excluding tert-OH is 3. The molecule has 1 aliphatic heterocycles. The van der Waals surface area contributed by atoms with Crippen molar-refractivity contribution in [1.29, 1.82) is 0 Å². The quantitative estimate of drug-likeness (QED) is 0.301. The molecule has 0 radical (unpaired) electrons. The van der Waals surface area contributed by atoms with E-state index in [1.165, 1.54) is 0 Å². The second-order valence-electron chi connectivity index (χ2n) is 14.2. The van der Waals surface area contributed by atoms with Gasteiger partial charge >= 0.3 is 0 Å². The number of ketones is 1. The highest BCUT2D eigenvalue weighted by Crippen LogP contribution is 2.70. The maximum atomic E-state index is 13.4. The molecular weight excluding hydrogens is 486 g/mol. The molecule has 0 aromatic heterocycles. The lowest BCUT2D eigenvalue weighted by molar-refractivity contribution is -0.175. The van der Waals surface area contributed by atoms with Crippen molar-refractivity contribution in [3.05, 3.63) is 11.6 Å². The van der Waals surface area contributed by atoms with Crippen molar-refractivity contribution >= 4 is 5.78 Å². The monoisotopic (exact) mass is 535 g/mol. The molecule has 0 unspecified atom stereocenters. The summed E-state index contributed by atoms with van der Waals surface area (Å²) < 4.78 is 6.47. The van der Waals surface area contributed by atoms with E-state index in [4.69, 9.17) is 4.74 Å². The van der Waals surface area contributed by atoms with Crippen LogP contribution in [0.25, 0.3) is 0 Å². The summed E-state index contributed by atoms with van der Waals surface area (Å²) in [6.45, 7) is 10.8. The molecule has 0 aromatic carbocycles. The van der Waals surface area contributed by atoms with Crippen molar-refractivity contribution in [3.63, 3.8) is 0 Å². The van der Waals surface area contributed by atoms with Gasteiger partial charge in [0.1, 0.15) is 6.10 Å². The average molecular weight is 536 g/mol. The highest BCUT2D eigenvalue weighted by Gasteiger charge is 2.75. The Morgan fingerprint density at radius 3 is 2.45 bits per heavy atom. The molecule has 4 aliphatic carbocycles. The topological polar surface area (TPSA) is 139 Å². The lowest BCUT2D eigenvalue weighted by Crippen LogP contribution is -2.63. The fourth-order valence-corrected chi connectivity index (χ4v) is 9.71. The van der Waals surface area contributed by atoms with Crippen LogP contribution in [0.3, 0.4) is 0 Å². The fraction of sp³-hybridized carbons (Fsp3) is 0.900. The molecule has 6 N–H and O–H groups in total. The van der Waals surface area contributed by atoms with Crippen molar-refractivity contribution in [2.24, 2.45) is 40.4 Å². The van der Waals surface area contributed by atoms with Crippen LogP contribution in [-0.2, 0) is 9.53 Å². The van der Waals surface area contributed by atoms with Crippen LogP contribution in [0.2, 0.25) is 0 Å². The summed E-state index contributed by atoms with van der Waals surface area (Å²) in [6, 6.07) is 0. The Bertz CT molecular complexity index is 984. The Morgan fingerprint density at radius 2 is 1.79 bits per heavy atom. The number of carbonyl (C=O) groups is 1. The van der Waals surface area contributed by atoms with Crippen LogP contribution in [0, 0.1) is 40.4 Å². The van der Waals surface area contributed by atoms with E-state index in [0.29, 0.717) is 18.4 Å². The molecule has 5 aliphatic rings. The number of rotatable bonds is 6. The Balaban J connectivity index is 1.45. The van der Waals surface area contributed by atoms with Gasteiger partial charge in [0.15, 0.2) is 5.78 Å². The van der Waals surface area contributed by atoms with Gasteiger partial charge in [0, 0.05) is 23.7 Å². The van der Waals surface area contributed by atoms with Crippen molar-refractivity contribution in [2.45, 2.75) is 115 Å². The van der Waals surface area contributed by atoms with E-state index in [-0.39, 0.29) is 42.3 Å². The molecule has 8 heteroatoms. The maximum absolute atomic E-state index is 13.4. The molecule has 8 nitrogen and oxygen atoms in total. The molecule has 4 fully saturated rings. The molecule has 0 spiro atoms. The van der Waals surface area contributed by atoms with Crippen LogP contribution in [-0.4, -0.2) is 86.6 Å². The zero-order valence-corrected chi connectivity index (χ0v) is 23.9. The summed E-state index contributed by atoms with van der Waals surface area (Å²) >= 11 is 0. The number of allylic oxidation sites excluding steroid dienone is 1. The number of fused-ring (bicyclic) bond motifs is 7. The van der Waals surface area contributed by atoms with Crippen LogP contribution < -0.4 is 5.32 Å². The zero-order chi connectivity index (χ0) is 28.0. The van der Waals surface area contributed by atoms with Gasteiger partial charge in [-0.25, -0.2) is 0 Å². The van der Waals surface area contributed by atoms with E-state index >= 15 is 0 Å². The Kier molecular flexibility index (Phi) is 7.03. The van der Waals surface area contributed by atoms with Crippen molar-refractivity contribution in [2.75, 3.05) is 13.6 Å². The first-order chi connectivity index (χ1) is 17.6. The lowest BCUT2D eigenvalue weighted by atomic mass is 9.45. The van der Waals surface area contributed by atoms with Gasteiger partial charge in [-0.05, 0) is 87.4 Å². The molecule has 5 rings (SSSR count). The van der Waals surface area contributed by atoms with Crippen molar-refractivity contribution < 1.29 is 35.1 Å². The second-order valence-corrected chi connectivity index (χ2v) is 14.2. The molecule has 0 amide bonds. The van der Waals surface area contributed by atoms with Crippen LogP contribution in [0.1, 0.15) is 73.1 Å². The number of carbonyl (C=O) groups excluding carboxylic acids is 1. The third-order valence-electron chi connectivity index (χ3n) is 12.2. The predicted molar refractivity (Wildman–Crippen MR) is 142 cm³/mol. The Morgan fingerprint density at radius 1 is 1.11 bits per heavy atom. The van der Waals surface area contributed by atoms with E-state index in [1.54, 1.807) is 13.0 Å². The summed E-state index contributed by atoms with van der Waals surface area (Å²) in [5.74, 6) is -0.815. The van der Waals surface area contributed by atoms with Gasteiger partial charge in [-0.3, -0.25) is 4.79 Å². The van der Waals surface area contributed by atoms with Gasteiger partial charge in [-0.2, -0.15) is 0 Å². The maximum Gasteiger partial charge on any atom is 0.159 e. The zero-order valence-electron chi connectivity index (χ0n) is 23.9. The minimum absolute atomic E-state index is 0.0790. The minimum atomic E-state index is -1.36. The van der Waals surface area contributed by atoms with Gasteiger partial charge < -0.3 is 35.6 Å². The highest BCUT2D eigenvalue weighted by atomic mass is 16.5. The van der Waals surface area contributed by atoms with Gasteiger partial charge in [-0.15, -0.1) is 0 Å². The summed E-state index contributed by atoms with van der Waals surface area (Å²) in [4.78, 5) is 13.4. The molecule has 216 valence electrons. The summed E-state index contributed by atoms with van der Waals surface area (Å²) in [7, 11) is 1.91. The lowest BCUT2D eigenvalue weighted by Gasteiger charge is -2.60. The van der Waals surface area contributed by atoms with Gasteiger partial charge in [0.25, 0.3) is 0 Å². The first-order valence-corrected chi connectivity index (χ1v) is 14.7. The third-order valence-corrected chi connectivity index (χ3v) is 12.2. The molecule has 1 saturated heterocycles. The van der Waals surface area contributed by atoms with Crippen LogP contribution in [0.15, 0.2) is 11.6 Å². The summed E-state index contributed by atoms with van der Waals surface area (Å²) in [5, 5.41) is 59.9. The number of aliphatic hydroxyl groups is 5. The largest absolute Gasteiger partial charge is 0.390 e. The number of nitrogens with one attached hydrogen (secondary N) is 1. The van der Waals surface area contributed by atoms with Gasteiger partial charge in [0.05, 0.1) is 35.6 Å². The van der Waals surface area contributed by atoms with Gasteiger partial charge in [-0.1, -0.05) is 27.7 Å². The standard InChI is InChI=1S/C30H49NO7/c1-15(8-10-31-6)16(2)24(35)26-29(5,36)25-23(38-26)14-30(37)18-11-20(32)19-12-21(33)22(34)13-27(19,3)17(18)7-9-28(25,30)4/h11,15-17,19,21-26,31,33-37H,7-10,12-14H2,1-6H3/t15-,16+,17+,19+,21-,22+,23+,24+,25+,26+,27-,28-,29-,30-/m1/s1. The van der Waals surface area contributed by atoms with Crippen LogP contribution in [0.5, 0.6) is 0 Å². The Labute approximate surface area is 226 Å². The van der Waals surface area contributed by atoms with Gasteiger partial charge in [0.2, 0.25) is 0 Å². The molecule has 1 heterocycles. The normalized spacial score (nSPS) is 52.3. The second kappa shape index (κ2) is 9.33. The number of hydrogen-bond acceptors (Lipinski definition) is 8. The summed E-state index contributed by atoms with van der Waals surface area (Å²) in [6.07, 6.45) is 0.840. The predicted octanol–water partition coefficient (Wildman–Crippen LogP) is 1.56. The van der Waals surface area contributed by atoms with Crippen molar-refractivity contribution in [3.8, 4) is 0 Å². The highest BCUT2D eigenvalue weighted by molar-refractivity contribution is 5.95. The smallest absolute Gasteiger partial charge is 0.159 e. The van der Waals surface area contributed by atoms with E-state index in [2.05, 4.69) is 12.2 Å². The molecule has 0 bridgehead atoms. The third kappa shape index (κ3) is 3.77. The SMILES string of the molecule is CNCC[C@@H](C)[C@H](C)[C@H](O)[C@@H]1O[C@H]2C[C@@]3(O)C4=CC(=O)[C@@H]5C[C@@H](O)[C@@H](O)C[C@]5(C)[C@H]4CC[C@]3(C)[C@H]2[C@@]1(C)O. The molecule has 14 atom stereocenters. The van der Waals surface area contributed by atoms with Crippen LogP contribution in [0.4, 0.5) is 0 Å². The molecule has 3 saturated carbocycles. The fourth-order valence-electron chi connectivity index (χ4n) is 9.71. The summed E-state index contributed by atoms with van der Waals surface area (Å²) in [5.41, 5.74) is -3.27. The van der Waals surface area contributed by atoms with E-state index in [0.717, 1.165) is 19.4 Å². The van der Waals surface area contributed by atoms with E-state index in [9.17, 15) is 30.3 Å².